The third-order valence-corrected chi connectivity index (χ3v) is 30.2. The standard InChI is InChI=1S/C72H23O7P/c1-6-77-80(78-7-2,79-8-3)67(68(73)75-4)72(69(74)76-5)70-63-55-47-37-27-19-11-9-10-13-17-15(11)23-31-25(17)35-29-21(13)22-14(10)18-16-12(9)20(19)28-34-24(16)32-26(18)36-30(22)40-39(29)49-43(35)53-45(31)51(41(47)33(23)27)59(63)61(53)65-57(49)58-50(40)44(36)54-46(32)52-42(34)48(38(28)37)56(55)64(70)60(52)62(54)66(58)71(65,70)72/h63,66H,6-8H2,1-5H3. The fourth-order valence-electron chi connectivity index (χ4n) is 27.6. The van der Waals surface area contributed by atoms with Crippen molar-refractivity contribution < 1.29 is 32.6 Å². The highest BCUT2D eigenvalue weighted by atomic mass is 31.2. The predicted octanol–water partition coefficient (Wildman–Crippen LogP) is 17.3. The summed E-state index contributed by atoms with van der Waals surface area (Å²) >= 11 is 0. The summed E-state index contributed by atoms with van der Waals surface area (Å²) in [6.45, 7) is 6.52. The van der Waals surface area contributed by atoms with Crippen molar-refractivity contribution >= 4 is 294 Å². The van der Waals surface area contributed by atoms with Crippen LogP contribution in [-0.2, 0) is 43.5 Å². The predicted molar refractivity (Wildman–Crippen MR) is 324 cm³/mol. The van der Waals surface area contributed by atoms with Crippen LogP contribution in [0.3, 0.4) is 0 Å². The van der Waals surface area contributed by atoms with Crippen LogP contribution in [0, 0.1) is 5.41 Å². The molecule has 1 saturated carbocycles. The third-order valence-electron chi connectivity index (χ3n) is 27.4. The Morgan fingerprint density at radius 2 is 0.512 bits per heavy atom. The molecule has 80 heavy (non-hydrogen) atoms. The molecule has 1 fully saturated rings. The van der Waals surface area contributed by atoms with Crippen molar-refractivity contribution in [3.8, 4) is 0 Å². The van der Waals surface area contributed by atoms with Crippen molar-refractivity contribution in [1.29, 1.82) is 0 Å². The molecule has 0 heterocycles. The maximum atomic E-state index is 17.5. The Bertz CT molecular complexity index is 7310. The molecule has 7 aliphatic carbocycles. The Balaban J connectivity index is 1.09. The van der Waals surface area contributed by atoms with Gasteiger partial charge in [0.25, 0.3) is 7.57 Å². The Labute approximate surface area is 440 Å². The van der Waals surface area contributed by atoms with E-state index in [0.29, 0.717) is 0 Å². The van der Waals surface area contributed by atoms with Gasteiger partial charge in [-0.05, 0) is 323 Å². The average molecular weight is 1030 g/mol. The van der Waals surface area contributed by atoms with Gasteiger partial charge in [-0.2, -0.15) is 0 Å². The highest BCUT2D eigenvalue weighted by Gasteiger charge is 3.03. The number of methoxy groups -OCH3 is 2. The number of rotatable bonds is 9. The van der Waals surface area contributed by atoms with E-state index in [1.165, 1.54) is 256 Å². The van der Waals surface area contributed by atoms with Gasteiger partial charge in [-0.1, -0.05) is 0 Å². The molecule has 358 valence electrons. The molecule has 8 heteroatoms. The molecule has 0 bridgehead atoms. The van der Waals surface area contributed by atoms with Gasteiger partial charge >= 0.3 is 11.9 Å². The lowest BCUT2D eigenvalue weighted by molar-refractivity contribution is -0.147. The second-order valence-corrected chi connectivity index (χ2v) is 29.7. The first-order chi connectivity index (χ1) is 39.5. The molecule has 0 radical (unpaired) electrons. The van der Waals surface area contributed by atoms with Gasteiger partial charge in [0, 0.05) is 22.7 Å². The molecule has 7 aliphatic rings. The van der Waals surface area contributed by atoms with Crippen LogP contribution in [0.1, 0.15) is 66.0 Å². The topological polar surface area (TPSA) is 80.3 Å². The van der Waals surface area contributed by atoms with Crippen LogP contribution in [0.4, 0.5) is 0 Å². The zero-order valence-corrected chi connectivity index (χ0v) is 43.5. The molecule has 4 unspecified atom stereocenters. The number of ether oxygens (including phenoxy) is 2. The summed E-state index contributed by atoms with van der Waals surface area (Å²) in [6.07, 6.45) is 0. The largest absolute Gasteiger partial charge is 0.468 e. The van der Waals surface area contributed by atoms with Crippen molar-refractivity contribution in [3.63, 3.8) is 0 Å². The molecular formula is C72H23O7P. The van der Waals surface area contributed by atoms with Crippen molar-refractivity contribution in [3.05, 3.63) is 33.4 Å². The minimum absolute atomic E-state index is 0.211. The van der Waals surface area contributed by atoms with Crippen LogP contribution in [0.15, 0.2) is 0 Å². The van der Waals surface area contributed by atoms with Gasteiger partial charge in [-0.3, -0.25) is 4.79 Å². The first kappa shape index (κ1) is 34.1. The fourth-order valence-corrected chi connectivity index (χ4v) is 30.4. The number of carbonyl (C=O) groups excluding carboxylic acids is 2. The van der Waals surface area contributed by atoms with E-state index < -0.39 is 35.8 Å². The summed E-state index contributed by atoms with van der Waals surface area (Å²) in [5.74, 6) is -1.57. The SMILES string of the molecule is CCOP(OCC)(OCC)=C(C(=O)OC)C1(C(=O)OC)C23c4c5c6c7c8c9c%10c%11c(c%12c%13c%14c%15c%16c(c4c4c%17c5c7c5c7c8c8c9c9c%11c%11c%12c%14c%12c%14c%15c%15c%16c4c4c%17c5c5c7c7c8c8c9c%11c%12c9c%14c%11c%15c4c5c%11c7c89)C%132)C13C6%10. The summed E-state index contributed by atoms with van der Waals surface area (Å²) < 4.78 is 34.5. The van der Waals surface area contributed by atoms with Crippen LogP contribution < -0.4 is 0 Å². The Morgan fingerprint density at radius 1 is 0.312 bits per heavy atom. The molecule has 2 spiro atoms. The van der Waals surface area contributed by atoms with Gasteiger partial charge in [-0.15, -0.1) is 0 Å². The summed E-state index contributed by atoms with van der Waals surface area (Å²) in [7, 11) is -0.886. The maximum Gasteiger partial charge on any atom is 0.342 e. The van der Waals surface area contributed by atoms with Crippen LogP contribution in [0.2, 0.25) is 0 Å². The first-order valence-corrected chi connectivity index (χ1v) is 30.9. The molecule has 26 aromatic carbocycles. The molecule has 33 rings (SSSR count). The smallest absolute Gasteiger partial charge is 0.342 e. The average Bonchev–Trinajstić information content (AvgIpc) is 1.90. The molecule has 0 aliphatic heterocycles. The quantitative estimate of drug-likeness (QED) is 0.0809. The van der Waals surface area contributed by atoms with E-state index >= 15 is 9.59 Å². The van der Waals surface area contributed by atoms with Crippen molar-refractivity contribution in [2.45, 2.75) is 43.4 Å². The highest BCUT2D eigenvalue weighted by Crippen LogP contribution is 3.01. The highest BCUT2D eigenvalue weighted by molar-refractivity contribution is 7.65. The van der Waals surface area contributed by atoms with E-state index in [2.05, 4.69) is 0 Å². The number of esters is 2. The van der Waals surface area contributed by atoms with E-state index in [-0.39, 0.29) is 37.0 Å². The monoisotopic (exact) mass is 1030 g/mol. The Morgan fingerprint density at radius 3 is 0.713 bits per heavy atom. The lowest BCUT2D eigenvalue weighted by Gasteiger charge is -2.40. The van der Waals surface area contributed by atoms with Crippen molar-refractivity contribution in [2.24, 2.45) is 5.41 Å². The molecule has 26 aromatic rings. The van der Waals surface area contributed by atoms with E-state index in [1.807, 2.05) is 20.8 Å². The van der Waals surface area contributed by atoms with Crippen molar-refractivity contribution in [2.75, 3.05) is 34.0 Å². The first-order valence-electron chi connectivity index (χ1n) is 29.4. The Hall–Kier alpha value is -8.16. The summed E-state index contributed by atoms with van der Waals surface area (Å²) in [6, 6.07) is 0. The second kappa shape index (κ2) is 8.08. The van der Waals surface area contributed by atoms with Gasteiger partial charge in [0.2, 0.25) is 0 Å². The molecule has 0 aromatic heterocycles. The number of carbonyl (C=O) groups is 2. The molecule has 0 saturated heterocycles. The van der Waals surface area contributed by atoms with Crippen LogP contribution in [0.5, 0.6) is 0 Å². The van der Waals surface area contributed by atoms with Crippen LogP contribution >= 0.6 is 7.57 Å². The van der Waals surface area contributed by atoms with E-state index in [9.17, 15) is 0 Å². The zero-order chi connectivity index (χ0) is 49.9. The number of hydrogen-bond donors (Lipinski definition) is 0. The van der Waals surface area contributed by atoms with E-state index in [0.717, 1.165) is 0 Å². The summed E-state index contributed by atoms with van der Waals surface area (Å²) in [5, 5.41) is 74.5. The number of hydrogen-bond acceptors (Lipinski definition) is 7. The maximum absolute atomic E-state index is 17.5. The van der Waals surface area contributed by atoms with Crippen molar-refractivity contribution in [1.82, 2.24) is 0 Å². The number of benzene rings is 16. The van der Waals surface area contributed by atoms with Gasteiger partial charge in [-0.25, -0.2) is 4.79 Å². The zero-order valence-electron chi connectivity index (χ0n) is 42.6. The van der Waals surface area contributed by atoms with E-state index in [4.69, 9.17) is 23.0 Å². The molecule has 0 amide bonds. The Kier molecular flexibility index (Phi) is 3.44. The van der Waals surface area contributed by atoms with Gasteiger partial charge in [0.1, 0.15) is 10.7 Å². The van der Waals surface area contributed by atoms with E-state index in [1.54, 1.807) is 61.0 Å². The molecule has 4 atom stereocenters. The molecule has 0 N–H and O–H groups in total. The second-order valence-electron chi connectivity index (χ2n) is 27.5. The van der Waals surface area contributed by atoms with Crippen LogP contribution in [0.25, 0.3) is 269 Å². The third kappa shape index (κ3) is 1.89. The van der Waals surface area contributed by atoms with Crippen LogP contribution in [-0.4, -0.2) is 51.3 Å². The van der Waals surface area contributed by atoms with Gasteiger partial charge < -0.3 is 23.0 Å². The summed E-state index contributed by atoms with van der Waals surface area (Å²) in [5.41, 5.74) is 4.42. The normalized spacial score (nSPS) is 25.1. The molecular weight excluding hydrogens is 1010 g/mol. The van der Waals surface area contributed by atoms with Gasteiger partial charge in [0.05, 0.1) is 34.0 Å². The summed E-state index contributed by atoms with van der Waals surface area (Å²) in [4.78, 5) is 34.0. The fraction of sp³-hybridized carbons (Fsp3) is 0.181. The minimum Gasteiger partial charge on any atom is -0.468 e. The minimum atomic E-state index is -3.95. The lowest BCUT2D eigenvalue weighted by atomic mass is 9.60. The lowest BCUT2D eigenvalue weighted by Crippen LogP contribution is -2.43. The van der Waals surface area contributed by atoms with Gasteiger partial charge in [0.15, 0.2) is 0 Å². The molecule has 7 nitrogen and oxygen atoms in total.